The van der Waals surface area contributed by atoms with Crippen LogP contribution in [0.3, 0.4) is 0 Å². The minimum absolute atomic E-state index is 0. The number of ether oxygens (including phenoxy) is 2. The fourth-order valence-corrected chi connectivity index (χ4v) is 16.4. The lowest BCUT2D eigenvalue weighted by Gasteiger charge is -2.44. The van der Waals surface area contributed by atoms with Crippen molar-refractivity contribution in [2.75, 3.05) is 33.9 Å². The van der Waals surface area contributed by atoms with E-state index in [0.717, 1.165) is 97.5 Å². The highest BCUT2D eigenvalue weighted by Gasteiger charge is 2.53. The number of rotatable bonds is 23. The summed E-state index contributed by atoms with van der Waals surface area (Å²) in [6.45, 7) is 28.9. The summed E-state index contributed by atoms with van der Waals surface area (Å²) in [6, 6.07) is 8.42. The first kappa shape index (κ1) is 104. The van der Waals surface area contributed by atoms with Gasteiger partial charge in [0.05, 0.1) is 55.9 Å². The van der Waals surface area contributed by atoms with E-state index >= 15 is 35.1 Å². The minimum Gasteiger partial charge on any atom is -0.478 e. The highest BCUT2D eigenvalue weighted by Crippen LogP contribution is 2.49. The zero-order chi connectivity index (χ0) is 96.3. The van der Waals surface area contributed by atoms with E-state index in [-0.39, 0.29) is 103 Å². The van der Waals surface area contributed by atoms with Crippen molar-refractivity contribution in [2.24, 2.45) is 0 Å². The molecule has 3 aromatic heterocycles. The predicted molar refractivity (Wildman–Crippen MR) is 467 cm³/mol. The van der Waals surface area contributed by atoms with Crippen LogP contribution in [0.2, 0.25) is 0 Å². The van der Waals surface area contributed by atoms with Gasteiger partial charge in [-0.2, -0.15) is 36.9 Å². The van der Waals surface area contributed by atoms with Crippen molar-refractivity contribution in [3.05, 3.63) is 247 Å². The van der Waals surface area contributed by atoms with Crippen molar-refractivity contribution in [3.63, 3.8) is 0 Å². The molecule has 0 amide bonds. The molecule has 0 bridgehead atoms. The van der Waals surface area contributed by atoms with Crippen molar-refractivity contribution in [1.82, 2.24) is 44.0 Å². The average molecular weight is 1870 g/mol. The Labute approximate surface area is 752 Å². The van der Waals surface area contributed by atoms with Crippen LogP contribution in [0.5, 0.6) is 5.75 Å². The molecule has 6 aromatic carbocycles. The van der Waals surface area contributed by atoms with Crippen molar-refractivity contribution in [1.29, 1.82) is 0 Å². The molecule has 9 aromatic rings. The Bertz CT molecular complexity index is 5790. The van der Waals surface area contributed by atoms with Crippen LogP contribution in [0.4, 0.5) is 65.9 Å². The molecule has 1 N–H and O–H groups in total. The Kier molecular flexibility index (Phi) is 32.6. The van der Waals surface area contributed by atoms with E-state index in [2.05, 4.69) is 63.6 Å². The van der Waals surface area contributed by atoms with Gasteiger partial charge in [0.2, 0.25) is 0 Å². The number of benzene rings is 6. The molecule has 20 nitrogen and oxygen atoms in total. The van der Waals surface area contributed by atoms with Gasteiger partial charge in [0.15, 0.2) is 11.6 Å². The molecule has 708 valence electrons. The number of aryl methyl sites for hydroxylation is 3. The van der Waals surface area contributed by atoms with Gasteiger partial charge in [0.1, 0.15) is 63.5 Å². The van der Waals surface area contributed by atoms with Crippen LogP contribution >= 0.6 is 0 Å². The Morgan fingerprint density at radius 3 is 1.07 bits per heavy atom. The molecule has 4 aliphatic rings. The molecule has 6 atom stereocenters. The molecule has 1 saturated heterocycles. The zero-order valence-electron chi connectivity index (χ0n) is 74.9. The average Bonchev–Trinajstić information content (AvgIpc) is 1.71. The Hall–Kier alpha value is -10.9. The van der Waals surface area contributed by atoms with Gasteiger partial charge in [-0.15, -0.1) is 0 Å². The van der Waals surface area contributed by atoms with Gasteiger partial charge in [-0.05, 0) is 271 Å². The number of hydrogen-bond donors (Lipinski definition) is 1. The lowest BCUT2D eigenvalue weighted by Crippen LogP contribution is -2.48. The Morgan fingerprint density at radius 2 is 0.779 bits per heavy atom. The summed E-state index contributed by atoms with van der Waals surface area (Å²) >= 11 is 0. The minimum atomic E-state index is -6.21. The van der Waals surface area contributed by atoms with E-state index in [4.69, 9.17) is 14.4 Å². The summed E-state index contributed by atoms with van der Waals surface area (Å²) < 4.78 is 275. The fraction of sp³-hybridized carbons (Fsp3) is 0.426. The normalized spacial score (nSPS) is 18.8. The maximum absolute atomic E-state index is 15.6. The van der Waals surface area contributed by atoms with Crippen molar-refractivity contribution >= 4 is 58.8 Å². The largest absolute Gasteiger partial charge is 0.534 e. The topological polar surface area (TPSA) is 215 Å². The third kappa shape index (κ3) is 24.7. The van der Waals surface area contributed by atoms with E-state index in [1.165, 1.54) is 71.8 Å². The number of fused-ring (bicyclic) bond motifs is 3. The van der Waals surface area contributed by atoms with Crippen molar-refractivity contribution in [2.45, 2.75) is 227 Å². The molecule has 0 spiro atoms. The van der Waals surface area contributed by atoms with Crippen LogP contribution in [0.1, 0.15) is 203 Å². The SMILES string of the molecule is C.CCn1cc(-c2cc3c(cc2F)C(c2c(F)cc(/C=C/C(=O)O)cc2F)N(CC(C)(C)F)C(C)C3)cn1.CCn1cc(-c2cc3c(cc2F)C(c2c(F)cc(/C=C/C(=O)OC)cc2F)N(CC(C)(C)F)C(C)C3)cn1.CCn1cc(B2OC(C)(C)C(C)(C)O2)cn1.COC(=O)/C=C/c1cc(F)c(C2c3cc(F)c(OS(=O)(=O)C(F)(F)F)cc3CC(C)N2CC(C)(C)F)c(F)c1. The molecular formula is C94H107BF15N9O11S. The second-order valence-corrected chi connectivity index (χ2v) is 36.6. The van der Waals surface area contributed by atoms with Gasteiger partial charge in [-0.25, -0.2) is 67.1 Å². The molecule has 0 aliphatic carbocycles. The molecule has 13 rings (SSSR count). The van der Waals surface area contributed by atoms with Crippen LogP contribution in [0.25, 0.3) is 40.5 Å². The van der Waals surface area contributed by atoms with E-state index < -0.39 is 138 Å². The number of carbonyl (C=O) groups is 3. The Morgan fingerprint density at radius 1 is 0.473 bits per heavy atom. The number of aromatic nitrogens is 6. The summed E-state index contributed by atoms with van der Waals surface area (Å²) in [7, 11) is -4.21. The van der Waals surface area contributed by atoms with Crippen LogP contribution < -0.4 is 9.65 Å². The third-order valence-corrected chi connectivity index (χ3v) is 23.7. The summed E-state index contributed by atoms with van der Waals surface area (Å²) in [5, 5.41) is 21.5. The summed E-state index contributed by atoms with van der Waals surface area (Å²) in [4.78, 5) is 38.3. The number of aliphatic carboxylic acids is 1. The standard InChI is InChI=1S/C29H31F4N3O2.C28H29F4N3O2.C25H24F7NO5S.C11H19BN2O2.CH4/c1-6-35-15-20(14-34-35)21-12-19-9-17(2)36(16-29(3,4)33)28(22(19)13-23(21)30)27-24(31)10-18(11-25(27)32)7-8-26(37)38-5;1-5-34-14-19(13-33-34)20-11-18-8-16(2)35(15-28(3,4)32)27(21(18)12-22(20)29)26-23(30)9-17(10-24(26)31)6-7-25(36)37;1-13-7-15-10-20(38-39(35,36)25(30,31)32)17(26)11-16(15)23(33(13)12-24(2,3)29)22-18(27)8-14(9-19(22)28)5-6-21(34)37-4;1-6-14-8-9(7-13-14)12-15-10(2,3)11(4,5)16-12;/h7-8,10-15,17,28H,6,9,16H2,1-5H3;6-7,9-14,16,27H,5,8,15H2,1-4H3,(H,36,37);5-6,8-11,13,23H,7,12H2,1-4H3;7-8H,6H2,1-5H3;1H4/b8-7+;7-6+;6-5+;;. The van der Waals surface area contributed by atoms with Gasteiger partial charge >= 0.3 is 40.7 Å². The van der Waals surface area contributed by atoms with Gasteiger partial charge in [-0.1, -0.05) is 7.43 Å². The number of carboxylic acid groups (broad SMARTS) is 1. The second kappa shape index (κ2) is 41.1. The maximum Gasteiger partial charge on any atom is 0.534 e. The molecule has 6 unspecified atom stereocenters. The van der Waals surface area contributed by atoms with E-state index in [0.29, 0.717) is 70.9 Å². The fourth-order valence-electron chi connectivity index (χ4n) is 16.0. The summed E-state index contributed by atoms with van der Waals surface area (Å²) in [6.07, 6.45) is 17.4. The van der Waals surface area contributed by atoms with Gasteiger partial charge in [-0.3, -0.25) is 28.7 Å². The summed E-state index contributed by atoms with van der Waals surface area (Å²) in [5.74, 6) is -12.5. The first-order valence-corrected chi connectivity index (χ1v) is 43.0. The number of hydrogen-bond acceptors (Lipinski definition) is 16. The van der Waals surface area contributed by atoms with Gasteiger partial charge in [0.25, 0.3) is 0 Å². The van der Waals surface area contributed by atoms with Crippen LogP contribution in [-0.4, -0.2) is 168 Å². The highest BCUT2D eigenvalue weighted by molar-refractivity contribution is 7.88. The number of halogens is 15. The molecule has 0 saturated carbocycles. The summed E-state index contributed by atoms with van der Waals surface area (Å²) in [5.41, 5.74) is -7.87. The molecule has 4 aliphatic heterocycles. The lowest BCUT2D eigenvalue weighted by atomic mass is 9.82. The van der Waals surface area contributed by atoms with Crippen LogP contribution in [-0.2, 0) is 82.2 Å². The molecule has 37 heteroatoms. The van der Waals surface area contributed by atoms with E-state index in [1.807, 2.05) is 44.8 Å². The number of esters is 2. The second-order valence-electron chi connectivity index (χ2n) is 35.0. The lowest BCUT2D eigenvalue weighted by molar-refractivity contribution is -0.135. The van der Waals surface area contributed by atoms with E-state index in [9.17, 15) is 53.5 Å². The van der Waals surface area contributed by atoms with Crippen LogP contribution in [0, 0.1) is 52.4 Å². The maximum atomic E-state index is 15.6. The Balaban J connectivity index is 0.000000203. The zero-order valence-corrected chi connectivity index (χ0v) is 75.7. The number of methoxy groups -OCH3 is 2. The quantitative estimate of drug-likeness (QED) is 0.0157. The highest BCUT2D eigenvalue weighted by atomic mass is 32.2. The molecule has 7 heterocycles. The number of alkyl halides is 6. The van der Waals surface area contributed by atoms with Gasteiger partial charge < -0.3 is 28.1 Å². The van der Waals surface area contributed by atoms with E-state index in [1.54, 1.807) is 63.0 Å². The number of carbonyl (C=O) groups excluding carboxylic acids is 2. The van der Waals surface area contributed by atoms with Gasteiger partial charge in [0, 0.05) is 145 Å². The molecule has 1 fully saturated rings. The molecular weight excluding hydrogens is 1760 g/mol. The van der Waals surface area contributed by atoms with Crippen molar-refractivity contribution in [3.8, 4) is 28.0 Å². The van der Waals surface area contributed by atoms with Crippen molar-refractivity contribution < 1.29 is 117 Å². The third-order valence-electron chi connectivity index (χ3n) is 22.7. The monoisotopic (exact) mass is 1870 g/mol. The predicted octanol–water partition coefficient (Wildman–Crippen LogP) is 19.9. The first-order chi connectivity index (χ1) is 60.5. The smallest absolute Gasteiger partial charge is 0.478 e. The van der Waals surface area contributed by atoms with Crippen LogP contribution in [0.15, 0.2) is 128 Å². The molecule has 131 heavy (non-hydrogen) atoms. The number of nitrogens with zero attached hydrogens (tertiary/aromatic N) is 9. The number of carboxylic acids is 1. The molecule has 0 radical (unpaired) electrons. The first-order valence-electron chi connectivity index (χ1n) is 41.6.